The number of carbonyl (C=O) groups is 1. The Bertz CT molecular complexity index is 597. The minimum absolute atomic E-state index is 0.0210. The van der Waals surface area contributed by atoms with Crippen LogP contribution in [-0.2, 0) is 11.2 Å². The van der Waals surface area contributed by atoms with Crippen LogP contribution in [0.2, 0.25) is 0 Å². The Kier molecular flexibility index (Phi) is 3.11. The quantitative estimate of drug-likeness (QED) is 0.617. The Balaban J connectivity index is 1.70. The molecule has 0 heterocycles. The fourth-order valence-corrected chi connectivity index (χ4v) is 5.50. The van der Waals surface area contributed by atoms with Gasteiger partial charge in [-0.05, 0) is 73.1 Å². The van der Waals surface area contributed by atoms with Crippen LogP contribution in [-0.4, -0.2) is 5.78 Å². The van der Waals surface area contributed by atoms with Crippen LogP contribution >= 0.6 is 12.9 Å². The Hall–Kier alpha value is -0.960. The molecule has 4 rings (SSSR count). The van der Waals surface area contributed by atoms with Crippen molar-refractivity contribution in [2.75, 3.05) is 0 Å². The normalized spacial score (nSPS) is 37.6. The van der Waals surface area contributed by atoms with E-state index in [2.05, 4.69) is 32.0 Å². The average Bonchev–Trinajstić information content (AvgIpc) is 2.82. The van der Waals surface area contributed by atoms with Crippen molar-refractivity contribution in [2.45, 2.75) is 51.4 Å². The summed E-state index contributed by atoms with van der Waals surface area (Å²) in [5.41, 5.74) is 2.91. The summed E-state index contributed by atoms with van der Waals surface area (Å²) in [4.78, 5) is 12.3. The summed E-state index contributed by atoms with van der Waals surface area (Å²) in [6, 6.07) is 6.41. The van der Waals surface area contributed by atoms with Crippen LogP contribution in [0.1, 0.15) is 56.1 Å². The van der Waals surface area contributed by atoms with Crippen molar-refractivity contribution in [1.82, 2.24) is 0 Å². The molecule has 2 nitrogen and oxygen atoms in total. The van der Waals surface area contributed by atoms with Gasteiger partial charge in [-0.25, -0.2) is 0 Å². The summed E-state index contributed by atoms with van der Waals surface area (Å²) >= 11 is 3.90. The van der Waals surface area contributed by atoms with Gasteiger partial charge in [-0.1, -0.05) is 13.0 Å². The first kappa shape index (κ1) is 13.7. The highest BCUT2D eigenvalue weighted by atomic mass is 32.1. The van der Waals surface area contributed by atoms with Gasteiger partial charge >= 0.3 is 0 Å². The molecule has 112 valence electrons. The Morgan fingerprint density at radius 1 is 1.24 bits per heavy atom. The molecule has 2 fully saturated rings. The Morgan fingerprint density at radius 2 is 2.10 bits per heavy atom. The summed E-state index contributed by atoms with van der Waals surface area (Å²) in [6.07, 6.45) is 6.50. The van der Waals surface area contributed by atoms with Gasteiger partial charge in [0.25, 0.3) is 0 Å². The van der Waals surface area contributed by atoms with Crippen LogP contribution < -0.4 is 4.18 Å². The highest BCUT2D eigenvalue weighted by Crippen LogP contribution is 2.59. The third kappa shape index (κ3) is 1.89. The zero-order chi connectivity index (χ0) is 14.6. The predicted molar refractivity (Wildman–Crippen MR) is 85.7 cm³/mol. The number of carbonyl (C=O) groups excluding carboxylic acids is 1. The third-order valence-corrected chi connectivity index (χ3v) is 6.72. The highest BCUT2D eigenvalue weighted by Gasteiger charge is 2.54. The number of fused-ring (bicyclic) bond motifs is 5. The summed E-state index contributed by atoms with van der Waals surface area (Å²) in [6.45, 7) is 2.23. The number of rotatable bonds is 1. The molecule has 0 bridgehead atoms. The second kappa shape index (κ2) is 4.77. The molecule has 3 heteroatoms. The molecule has 0 saturated heterocycles. The van der Waals surface area contributed by atoms with E-state index in [1.54, 1.807) is 0 Å². The fourth-order valence-electron chi connectivity index (χ4n) is 5.39. The number of Topliss-reactive ketones (excluding diaryl/α,β-unsaturated/α-hetero) is 1. The van der Waals surface area contributed by atoms with E-state index in [0.717, 1.165) is 37.9 Å². The lowest BCUT2D eigenvalue weighted by Gasteiger charge is -2.48. The predicted octanol–water partition coefficient (Wildman–Crippen LogP) is 4.34. The minimum atomic E-state index is -0.0210. The molecule has 0 radical (unpaired) electrons. The largest absolute Gasteiger partial charge is 0.429 e. The number of benzene rings is 1. The van der Waals surface area contributed by atoms with Gasteiger partial charge in [-0.2, -0.15) is 0 Å². The molecule has 0 spiro atoms. The van der Waals surface area contributed by atoms with Crippen LogP contribution in [0.4, 0.5) is 0 Å². The van der Waals surface area contributed by atoms with Crippen LogP contribution in [0.3, 0.4) is 0 Å². The minimum Gasteiger partial charge on any atom is -0.429 e. The molecule has 4 atom stereocenters. The highest BCUT2D eigenvalue weighted by molar-refractivity contribution is 7.75. The van der Waals surface area contributed by atoms with E-state index in [4.69, 9.17) is 4.18 Å². The molecule has 3 aliphatic carbocycles. The molecule has 2 saturated carbocycles. The van der Waals surface area contributed by atoms with E-state index in [-0.39, 0.29) is 5.41 Å². The van der Waals surface area contributed by atoms with Crippen LogP contribution in [0.5, 0.6) is 5.75 Å². The number of hydrogen-bond donors (Lipinski definition) is 1. The molecule has 1 aromatic carbocycles. The second-order valence-electron chi connectivity index (χ2n) is 7.29. The molecule has 21 heavy (non-hydrogen) atoms. The van der Waals surface area contributed by atoms with Crippen molar-refractivity contribution in [3.8, 4) is 5.75 Å². The fraction of sp³-hybridized carbons (Fsp3) is 0.611. The van der Waals surface area contributed by atoms with Gasteiger partial charge in [0.1, 0.15) is 11.5 Å². The average molecular weight is 302 g/mol. The lowest BCUT2D eigenvalue weighted by atomic mass is 9.55. The Morgan fingerprint density at radius 3 is 2.90 bits per heavy atom. The number of aryl methyl sites for hydroxylation is 1. The van der Waals surface area contributed by atoms with E-state index in [0.29, 0.717) is 23.5 Å². The molecule has 0 aliphatic heterocycles. The third-order valence-electron chi connectivity index (χ3n) is 6.51. The molecule has 0 aromatic heterocycles. The van der Waals surface area contributed by atoms with E-state index in [1.807, 2.05) is 6.07 Å². The van der Waals surface area contributed by atoms with Gasteiger partial charge < -0.3 is 4.18 Å². The van der Waals surface area contributed by atoms with E-state index in [1.165, 1.54) is 17.5 Å². The van der Waals surface area contributed by atoms with Crippen molar-refractivity contribution in [3.63, 3.8) is 0 Å². The molecule has 4 unspecified atom stereocenters. The molecular weight excluding hydrogens is 280 g/mol. The van der Waals surface area contributed by atoms with Gasteiger partial charge in [0.2, 0.25) is 0 Å². The molecule has 1 aromatic rings. The van der Waals surface area contributed by atoms with Gasteiger partial charge in [0.15, 0.2) is 0 Å². The van der Waals surface area contributed by atoms with Crippen molar-refractivity contribution in [1.29, 1.82) is 0 Å². The van der Waals surface area contributed by atoms with Crippen molar-refractivity contribution < 1.29 is 8.98 Å². The Labute approximate surface area is 131 Å². The topological polar surface area (TPSA) is 26.3 Å². The maximum atomic E-state index is 12.3. The first-order valence-corrected chi connectivity index (χ1v) is 8.47. The first-order valence-electron chi connectivity index (χ1n) is 8.11. The second-order valence-corrected chi connectivity index (χ2v) is 7.47. The lowest BCUT2D eigenvalue weighted by Crippen LogP contribution is -2.42. The monoisotopic (exact) mass is 302 g/mol. The SMILES string of the molecule is CC12CCC3c4ccc(OS)cc4CCC3C1CCC2=O. The number of hydrogen-bond acceptors (Lipinski definition) is 3. The summed E-state index contributed by atoms with van der Waals surface area (Å²) in [5, 5.41) is 0. The van der Waals surface area contributed by atoms with Gasteiger partial charge in [0.05, 0.1) is 0 Å². The lowest BCUT2D eigenvalue weighted by molar-refractivity contribution is -0.129. The van der Waals surface area contributed by atoms with Crippen molar-refractivity contribution in [3.05, 3.63) is 29.3 Å². The smallest absolute Gasteiger partial charge is 0.139 e. The number of thiol groups is 1. The van der Waals surface area contributed by atoms with Crippen LogP contribution in [0.25, 0.3) is 0 Å². The van der Waals surface area contributed by atoms with Gasteiger partial charge in [-0.15, -0.1) is 0 Å². The maximum absolute atomic E-state index is 12.3. The van der Waals surface area contributed by atoms with E-state index in [9.17, 15) is 4.79 Å². The molecule has 0 amide bonds. The summed E-state index contributed by atoms with van der Waals surface area (Å²) in [7, 11) is 0. The van der Waals surface area contributed by atoms with Crippen molar-refractivity contribution >= 4 is 18.7 Å². The molecule has 0 N–H and O–H groups in total. The zero-order valence-corrected chi connectivity index (χ0v) is 13.4. The standard InChI is InChI=1S/C18H22O2S/c1-18-9-8-14-13-5-3-12(20-21)10-11(13)2-4-15(14)16(18)6-7-17(18)19/h3,5,10,14-16,21H,2,4,6-9H2,1H3. The van der Waals surface area contributed by atoms with Crippen LogP contribution in [0, 0.1) is 17.3 Å². The van der Waals surface area contributed by atoms with E-state index >= 15 is 0 Å². The van der Waals surface area contributed by atoms with Gasteiger partial charge in [-0.3, -0.25) is 4.79 Å². The summed E-state index contributed by atoms with van der Waals surface area (Å²) < 4.78 is 5.07. The zero-order valence-electron chi connectivity index (χ0n) is 12.5. The molecular formula is C18H22O2S. The van der Waals surface area contributed by atoms with Crippen molar-refractivity contribution in [2.24, 2.45) is 17.3 Å². The maximum Gasteiger partial charge on any atom is 0.139 e. The van der Waals surface area contributed by atoms with E-state index < -0.39 is 0 Å². The number of ketones is 1. The van der Waals surface area contributed by atoms with Crippen LogP contribution in [0.15, 0.2) is 18.2 Å². The molecule has 3 aliphatic rings. The summed E-state index contributed by atoms with van der Waals surface area (Å²) in [5.74, 6) is 3.32. The first-order chi connectivity index (χ1) is 10.1. The van der Waals surface area contributed by atoms with Gasteiger partial charge in [0, 0.05) is 24.7 Å².